The SMILES string of the molecule is COc1cc(OC)c(Cc2c(OC)cc(OC)c(Cc3c(OC)cc(OC)cc3OC)c2OC)c(OC)c1. The minimum atomic E-state index is 0.385. The second-order valence-corrected chi connectivity index (χ2v) is 8.15. The molecule has 0 N–H and O–H groups in total. The van der Waals surface area contributed by atoms with Gasteiger partial charge in [0.1, 0.15) is 51.7 Å². The molecule has 0 aliphatic heterocycles. The second kappa shape index (κ2) is 12.9. The predicted octanol–water partition coefficient (Wildman–Crippen LogP) is 4.95. The van der Waals surface area contributed by atoms with Crippen LogP contribution < -0.4 is 42.6 Å². The molecule has 0 saturated heterocycles. The lowest BCUT2D eigenvalue weighted by Crippen LogP contribution is -2.08. The molecule has 38 heavy (non-hydrogen) atoms. The zero-order valence-corrected chi connectivity index (χ0v) is 23.5. The lowest BCUT2D eigenvalue weighted by Gasteiger charge is -2.23. The van der Waals surface area contributed by atoms with Crippen molar-refractivity contribution in [3.05, 3.63) is 52.6 Å². The lowest BCUT2D eigenvalue weighted by atomic mass is 9.94. The molecule has 0 amide bonds. The van der Waals surface area contributed by atoms with Crippen LogP contribution in [0.4, 0.5) is 0 Å². The minimum Gasteiger partial charge on any atom is -0.496 e. The summed E-state index contributed by atoms with van der Waals surface area (Å²) in [5.41, 5.74) is 3.20. The molecule has 0 atom stereocenters. The van der Waals surface area contributed by atoms with Crippen molar-refractivity contribution >= 4 is 0 Å². The van der Waals surface area contributed by atoms with E-state index in [0.717, 1.165) is 22.3 Å². The van der Waals surface area contributed by atoms with E-state index in [1.54, 1.807) is 64.0 Å². The molecule has 0 bridgehead atoms. The molecular formula is C29H36O9. The van der Waals surface area contributed by atoms with Crippen LogP contribution in [0.2, 0.25) is 0 Å². The molecular weight excluding hydrogens is 492 g/mol. The zero-order valence-electron chi connectivity index (χ0n) is 23.5. The highest BCUT2D eigenvalue weighted by atomic mass is 16.5. The standard InChI is InChI=1S/C29H36O9/c1-30-17-10-23(32-3)19(24(11-17)33-4)14-21-27(36-7)16-28(37-8)22(29(21)38-9)15-20-25(34-5)12-18(31-2)13-26(20)35-6/h10-13,16H,14-15H2,1-9H3. The maximum Gasteiger partial charge on any atom is 0.133 e. The Labute approximate surface area is 224 Å². The normalized spacial score (nSPS) is 10.4. The van der Waals surface area contributed by atoms with Gasteiger partial charge in [0.05, 0.1) is 64.0 Å². The summed E-state index contributed by atoms with van der Waals surface area (Å²) in [6.07, 6.45) is 0.771. The molecule has 0 radical (unpaired) electrons. The van der Waals surface area contributed by atoms with Crippen molar-refractivity contribution < 1.29 is 42.6 Å². The van der Waals surface area contributed by atoms with Crippen molar-refractivity contribution in [1.82, 2.24) is 0 Å². The van der Waals surface area contributed by atoms with Gasteiger partial charge < -0.3 is 42.6 Å². The Morgan fingerprint density at radius 1 is 0.342 bits per heavy atom. The van der Waals surface area contributed by atoms with E-state index in [2.05, 4.69) is 0 Å². The Hall–Kier alpha value is -4.14. The summed E-state index contributed by atoms with van der Waals surface area (Å²) in [5, 5.41) is 0. The van der Waals surface area contributed by atoms with Crippen LogP contribution in [0.1, 0.15) is 22.3 Å². The first kappa shape index (κ1) is 28.4. The van der Waals surface area contributed by atoms with Crippen molar-refractivity contribution in [2.75, 3.05) is 64.0 Å². The Morgan fingerprint density at radius 2 is 0.632 bits per heavy atom. The van der Waals surface area contributed by atoms with Crippen LogP contribution in [-0.2, 0) is 12.8 Å². The summed E-state index contributed by atoms with van der Waals surface area (Å²) in [6.45, 7) is 0. The molecule has 3 aromatic rings. The third-order valence-corrected chi connectivity index (χ3v) is 6.39. The van der Waals surface area contributed by atoms with E-state index < -0.39 is 0 Å². The van der Waals surface area contributed by atoms with Crippen LogP contribution in [0, 0.1) is 0 Å². The number of rotatable bonds is 13. The van der Waals surface area contributed by atoms with Gasteiger partial charge in [-0.15, -0.1) is 0 Å². The van der Waals surface area contributed by atoms with Crippen molar-refractivity contribution in [3.8, 4) is 51.7 Å². The third-order valence-electron chi connectivity index (χ3n) is 6.39. The van der Waals surface area contributed by atoms with E-state index >= 15 is 0 Å². The lowest BCUT2D eigenvalue weighted by molar-refractivity contribution is 0.357. The monoisotopic (exact) mass is 528 g/mol. The molecule has 0 spiro atoms. The van der Waals surface area contributed by atoms with Gasteiger partial charge in [0.25, 0.3) is 0 Å². The fraction of sp³-hybridized carbons (Fsp3) is 0.379. The molecule has 9 nitrogen and oxygen atoms in total. The molecule has 0 aliphatic carbocycles. The average molecular weight is 529 g/mol. The first-order chi connectivity index (χ1) is 18.4. The van der Waals surface area contributed by atoms with E-state index in [1.807, 2.05) is 30.3 Å². The average Bonchev–Trinajstić information content (AvgIpc) is 2.96. The smallest absolute Gasteiger partial charge is 0.133 e. The van der Waals surface area contributed by atoms with Gasteiger partial charge in [0.15, 0.2) is 0 Å². The third kappa shape index (κ3) is 5.56. The maximum atomic E-state index is 6.02. The molecule has 0 unspecified atom stereocenters. The number of hydrogen-bond acceptors (Lipinski definition) is 9. The highest BCUT2D eigenvalue weighted by Gasteiger charge is 2.26. The number of hydrogen-bond donors (Lipinski definition) is 0. The van der Waals surface area contributed by atoms with Gasteiger partial charge in [-0.05, 0) is 0 Å². The molecule has 3 rings (SSSR count). The summed E-state index contributed by atoms with van der Waals surface area (Å²) in [7, 11) is 14.4. The molecule has 0 heterocycles. The topological polar surface area (TPSA) is 83.1 Å². The van der Waals surface area contributed by atoms with Crippen molar-refractivity contribution in [2.24, 2.45) is 0 Å². The summed E-state index contributed by atoms with van der Waals surface area (Å²) < 4.78 is 51.2. The van der Waals surface area contributed by atoms with Crippen LogP contribution in [0.25, 0.3) is 0 Å². The van der Waals surface area contributed by atoms with Gasteiger partial charge in [-0.25, -0.2) is 0 Å². The summed E-state index contributed by atoms with van der Waals surface area (Å²) >= 11 is 0. The van der Waals surface area contributed by atoms with Crippen LogP contribution in [0.3, 0.4) is 0 Å². The maximum absolute atomic E-state index is 6.02. The predicted molar refractivity (Wildman–Crippen MR) is 144 cm³/mol. The van der Waals surface area contributed by atoms with Gasteiger partial charge in [0, 0.05) is 65.4 Å². The van der Waals surface area contributed by atoms with E-state index in [-0.39, 0.29) is 0 Å². The highest BCUT2D eigenvalue weighted by molar-refractivity contribution is 5.64. The summed E-state index contributed by atoms with van der Waals surface area (Å²) in [4.78, 5) is 0. The van der Waals surface area contributed by atoms with Gasteiger partial charge in [0.2, 0.25) is 0 Å². The molecule has 9 heteroatoms. The molecule has 0 aromatic heterocycles. The zero-order chi connectivity index (χ0) is 27.8. The molecule has 206 valence electrons. The fourth-order valence-electron chi connectivity index (χ4n) is 4.50. The van der Waals surface area contributed by atoms with Gasteiger partial charge >= 0.3 is 0 Å². The molecule has 0 saturated carbocycles. The van der Waals surface area contributed by atoms with E-state index in [0.29, 0.717) is 64.6 Å². The van der Waals surface area contributed by atoms with E-state index in [1.165, 1.54) is 0 Å². The van der Waals surface area contributed by atoms with Crippen LogP contribution in [0.5, 0.6) is 51.7 Å². The van der Waals surface area contributed by atoms with Crippen LogP contribution in [-0.4, -0.2) is 64.0 Å². The molecule has 0 aliphatic rings. The fourth-order valence-corrected chi connectivity index (χ4v) is 4.50. The Morgan fingerprint density at radius 3 is 0.868 bits per heavy atom. The van der Waals surface area contributed by atoms with Crippen molar-refractivity contribution in [3.63, 3.8) is 0 Å². The molecule has 3 aromatic carbocycles. The number of ether oxygens (including phenoxy) is 9. The number of methoxy groups -OCH3 is 9. The first-order valence-corrected chi connectivity index (χ1v) is 11.8. The summed E-state index contributed by atoms with van der Waals surface area (Å²) in [6, 6.07) is 9.10. The highest BCUT2D eigenvalue weighted by Crippen LogP contribution is 2.46. The van der Waals surface area contributed by atoms with Crippen molar-refractivity contribution in [2.45, 2.75) is 12.8 Å². The number of benzene rings is 3. The van der Waals surface area contributed by atoms with Gasteiger partial charge in [-0.2, -0.15) is 0 Å². The Kier molecular flexibility index (Phi) is 9.65. The Bertz CT molecular complexity index is 1110. The van der Waals surface area contributed by atoms with E-state index in [9.17, 15) is 0 Å². The summed E-state index contributed by atoms with van der Waals surface area (Å²) in [5.74, 6) is 5.48. The first-order valence-electron chi connectivity index (χ1n) is 11.8. The van der Waals surface area contributed by atoms with E-state index in [4.69, 9.17) is 42.6 Å². The largest absolute Gasteiger partial charge is 0.496 e. The van der Waals surface area contributed by atoms with Crippen LogP contribution >= 0.6 is 0 Å². The Balaban J connectivity index is 2.26. The van der Waals surface area contributed by atoms with Crippen molar-refractivity contribution in [1.29, 1.82) is 0 Å². The minimum absolute atomic E-state index is 0.385. The van der Waals surface area contributed by atoms with Crippen LogP contribution in [0.15, 0.2) is 30.3 Å². The second-order valence-electron chi connectivity index (χ2n) is 8.15. The van der Waals surface area contributed by atoms with Gasteiger partial charge in [-0.3, -0.25) is 0 Å². The molecule has 0 fully saturated rings. The quantitative estimate of drug-likeness (QED) is 0.306. The van der Waals surface area contributed by atoms with Gasteiger partial charge in [-0.1, -0.05) is 0 Å².